The number of fused-ring (bicyclic) bond motifs is 1. The van der Waals surface area contributed by atoms with Gasteiger partial charge >= 0.3 is 0 Å². The normalized spacial score (nSPS) is 11.7. The fourth-order valence-electron chi connectivity index (χ4n) is 2.30. The minimum absolute atomic E-state index is 0.125. The lowest BCUT2D eigenvalue weighted by Crippen LogP contribution is -2.49. The predicted molar refractivity (Wildman–Crippen MR) is 87.9 cm³/mol. The minimum Gasteiger partial charge on any atom is -0.323 e. The molecule has 0 fully saturated rings. The van der Waals surface area contributed by atoms with Gasteiger partial charge in [-0.1, -0.05) is 18.5 Å². The number of carbonyl (C=O) groups excluding carboxylic acids is 1. The van der Waals surface area contributed by atoms with Crippen molar-refractivity contribution in [2.45, 2.75) is 33.2 Å². The standard InChI is InChI=1S/C16H20ClN3O/c1-5-19-16(3,4)15(21)20-14-11-7-6-8-18-13(11)10(2)9-12(14)17/h6-9,19H,5H2,1-4H3,(H,20,21). The summed E-state index contributed by atoms with van der Waals surface area (Å²) in [4.78, 5) is 16.8. The summed E-state index contributed by atoms with van der Waals surface area (Å²) in [6, 6.07) is 5.58. The second-order valence-corrected chi connectivity index (χ2v) is 5.97. The van der Waals surface area contributed by atoms with Gasteiger partial charge in [0.2, 0.25) is 5.91 Å². The van der Waals surface area contributed by atoms with Crippen LogP contribution in [0, 0.1) is 6.92 Å². The molecule has 1 amide bonds. The summed E-state index contributed by atoms with van der Waals surface area (Å²) in [6.45, 7) is 8.32. The van der Waals surface area contributed by atoms with Gasteiger partial charge in [-0.2, -0.15) is 0 Å². The van der Waals surface area contributed by atoms with Crippen LogP contribution in [0.3, 0.4) is 0 Å². The fraction of sp³-hybridized carbons (Fsp3) is 0.375. The molecule has 21 heavy (non-hydrogen) atoms. The maximum atomic E-state index is 12.5. The minimum atomic E-state index is -0.669. The van der Waals surface area contributed by atoms with Crippen LogP contribution < -0.4 is 10.6 Å². The number of rotatable bonds is 4. The van der Waals surface area contributed by atoms with E-state index in [-0.39, 0.29) is 5.91 Å². The van der Waals surface area contributed by atoms with Gasteiger partial charge in [0.15, 0.2) is 0 Å². The van der Waals surface area contributed by atoms with E-state index >= 15 is 0 Å². The molecule has 0 saturated carbocycles. The quantitative estimate of drug-likeness (QED) is 0.908. The molecule has 1 heterocycles. The van der Waals surface area contributed by atoms with Gasteiger partial charge in [-0.25, -0.2) is 0 Å². The van der Waals surface area contributed by atoms with Crippen LogP contribution in [0.1, 0.15) is 26.3 Å². The Labute approximate surface area is 129 Å². The highest BCUT2D eigenvalue weighted by molar-refractivity contribution is 6.35. The van der Waals surface area contributed by atoms with E-state index in [1.165, 1.54) is 0 Å². The molecule has 4 nitrogen and oxygen atoms in total. The molecule has 1 aromatic heterocycles. The van der Waals surface area contributed by atoms with Gasteiger partial charge in [-0.05, 0) is 51.1 Å². The number of amides is 1. The lowest BCUT2D eigenvalue weighted by atomic mass is 10.0. The number of hydrogen-bond donors (Lipinski definition) is 2. The molecular formula is C16H20ClN3O. The zero-order chi connectivity index (χ0) is 15.6. The van der Waals surface area contributed by atoms with E-state index < -0.39 is 5.54 Å². The Morgan fingerprint density at radius 3 is 2.81 bits per heavy atom. The van der Waals surface area contributed by atoms with Gasteiger partial charge in [-0.3, -0.25) is 9.78 Å². The summed E-state index contributed by atoms with van der Waals surface area (Å²) >= 11 is 6.32. The van der Waals surface area contributed by atoms with Crippen LogP contribution in [-0.4, -0.2) is 23.0 Å². The molecular weight excluding hydrogens is 286 g/mol. The number of nitrogens with one attached hydrogen (secondary N) is 2. The highest BCUT2D eigenvalue weighted by Gasteiger charge is 2.27. The predicted octanol–water partition coefficient (Wildman–Crippen LogP) is 3.52. The number of carbonyl (C=O) groups is 1. The van der Waals surface area contributed by atoms with E-state index in [0.29, 0.717) is 17.3 Å². The Hall–Kier alpha value is -1.65. The number of aryl methyl sites for hydroxylation is 1. The molecule has 2 aromatic rings. The number of hydrogen-bond acceptors (Lipinski definition) is 3. The maximum Gasteiger partial charge on any atom is 0.244 e. The number of halogens is 1. The fourth-order valence-corrected chi connectivity index (χ4v) is 2.61. The van der Waals surface area contributed by atoms with Gasteiger partial charge in [0.25, 0.3) is 0 Å². The van der Waals surface area contributed by atoms with Crippen molar-refractivity contribution in [3.8, 4) is 0 Å². The molecule has 112 valence electrons. The first-order chi connectivity index (χ1) is 9.86. The van der Waals surface area contributed by atoms with Crippen LogP contribution in [0.4, 0.5) is 5.69 Å². The molecule has 0 atom stereocenters. The molecule has 0 unspecified atom stereocenters. The van der Waals surface area contributed by atoms with Gasteiger partial charge in [-0.15, -0.1) is 0 Å². The van der Waals surface area contributed by atoms with E-state index in [2.05, 4.69) is 15.6 Å². The first kappa shape index (κ1) is 15.7. The van der Waals surface area contributed by atoms with Crippen LogP contribution in [0.5, 0.6) is 0 Å². The van der Waals surface area contributed by atoms with Gasteiger partial charge in [0.1, 0.15) is 0 Å². The van der Waals surface area contributed by atoms with Crippen LogP contribution >= 0.6 is 11.6 Å². The Morgan fingerprint density at radius 2 is 2.14 bits per heavy atom. The summed E-state index contributed by atoms with van der Waals surface area (Å²) < 4.78 is 0. The number of pyridine rings is 1. The van der Waals surface area contributed by atoms with E-state index in [9.17, 15) is 4.79 Å². The van der Waals surface area contributed by atoms with Crippen molar-refractivity contribution < 1.29 is 4.79 Å². The van der Waals surface area contributed by atoms with Crippen molar-refractivity contribution >= 4 is 34.1 Å². The molecule has 1 aromatic carbocycles. The largest absolute Gasteiger partial charge is 0.323 e. The summed E-state index contributed by atoms with van der Waals surface area (Å²) in [6.07, 6.45) is 1.73. The van der Waals surface area contributed by atoms with E-state index in [1.54, 1.807) is 6.20 Å². The molecule has 2 rings (SSSR count). The summed E-state index contributed by atoms with van der Waals surface area (Å²) in [5.74, 6) is -0.125. The second-order valence-electron chi connectivity index (χ2n) is 5.56. The maximum absolute atomic E-state index is 12.5. The Kier molecular flexibility index (Phi) is 4.49. The molecule has 0 spiro atoms. The van der Waals surface area contributed by atoms with Gasteiger partial charge < -0.3 is 10.6 Å². The van der Waals surface area contributed by atoms with E-state index in [1.807, 2.05) is 45.9 Å². The lowest BCUT2D eigenvalue weighted by molar-refractivity contribution is -0.121. The van der Waals surface area contributed by atoms with E-state index in [0.717, 1.165) is 16.5 Å². The monoisotopic (exact) mass is 305 g/mol. The summed E-state index contributed by atoms with van der Waals surface area (Å²) in [5, 5.41) is 7.45. The molecule has 0 radical (unpaired) electrons. The average molecular weight is 306 g/mol. The molecule has 5 heteroatoms. The van der Waals surface area contributed by atoms with Crippen molar-refractivity contribution in [2.75, 3.05) is 11.9 Å². The highest BCUT2D eigenvalue weighted by Crippen LogP contribution is 2.33. The van der Waals surface area contributed by atoms with Crippen molar-refractivity contribution in [1.29, 1.82) is 0 Å². The SMILES string of the molecule is CCNC(C)(C)C(=O)Nc1c(Cl)cc(C)c2ncccc12. The second kappa shape index (κ2) is 6.00. The average Bonchev–Trinajstić information content (AvgIpc) is 2.43. The zero-order valence-corrected chi connectivity index (χ0v) is 13.5. The van der Waals surface area contributed by atoms with Crippen molar-refractivity contribution in [1.82, 2.24) is 10.3 Å². The molecule has 0 bridgehead atoms. The van der Waals surface area contributed by atoms with Gasteiger partial charge in [0.05, 0.1) is 21.8 Å². The third-order valence-corrected chi connectivity index (χ3v) is 3.76. The molecule has 0 aliphatic rings. The number of likely N-dealkylation sites (N-methyl/N-ethyl adjacent to an activating group) is 1. The number of anilines is 1. The van der Waals surface area contributed by atoms with Crippen LogP contribution in [0.2, 0.25) is 5.02 Å². The Morgan fingerprint density at radius 1 is 1.43 bits per heavy atom. The third-order valence-electron chi connectivity index (χ3n) is 3.46. The summed E-state index contributed by atoms with van der Waals surface area (Å²) in [5.41, 5.74) is 1.77. The van der Waals surface area contributed by atoms with Crippen molar-refractivity contribution in [3.63, 3.8) is 0 Å². The van der Waals surface area contributed by atoms with Crippen LogP contribution in [0.25, 0.3) is 10.9 Å². The molecule has 0 aliphatic heterocycles. The number of aromatic nitrogens is 1. The van der Waals surface area contributed by atoms with Crippen molar-refractivity contribution in [3.05, 3.63) is 35.0 Å². The summed E-state index contributed by atoms with van der Waals surface area (Å²) in [7, 11) is 0. The Bertz CT molecular complexity index is 683. The topological polar surface area (TPSA) is 54.0 Å². The molecule has 0 aliphatic carbocycles. The number of benzene rings is 1. The number of nitrogens with zero attached hydrogens (tertiary/aromatic N) is 1. The van der Waals surface area contributed by atoms with Crippen LogP contribution in [0.15, 0.2) is 24.4 Å². The first-order valence-corrected chi connectivity index (χ1v) is 7.35. The third kappa shape index (κ3) is 3.17. The first-order valence-electron chi connectivity index (χ1n) is 6.97. The highest BCUT2D eigenvalue weighted by atomic mass is 35.5. The molecule has 0 saturated heterocycles. The Balaban J connectivity index is 2.46. The zero-order valence-electron chi connectivity index (χ0n) is 12.7. The van der Waals surface area contributed by atoms with E-state index in [4.69, 9.17) is 11.6 Å². The molecule has 2 N–H and O–H groups in total. The van der Waals surface area contributed by atoms with Crippen molar-refractivity contribution in [2.24, 2.45) is 0 Å². The van der Waals surface area contributed by atoms with Gasteiger partial charge in [0, 0.05) is 11.6 Å². The lowest BCUT2D eigenvalue weighted by Gasteiger charge is -2.25. The van der Waals surface area contributed by atoms with Crippen LogP contribution in [-0.2, 0) is 4.79 Å². The smallest absolute Gasteiger partial charge is 0.244 e.